The Labute approximate surface area is 458 Å². The fourth-order valence-corrected chi connectivity index (χ4v) is 9.55. The number of rotatable bonds is 40. The van der Waals surface area contributed by atoms with E-state index in [2.05, 4.69) is 77.9 Å². The molecule has 5 rings (SSSR count). The molecule has 0 aromatic heterocycles. The van der Waals surface area contributed by atoms with Crippen LogP contribution in [0.4, 0.5) is 0 Å². The molecule has 5 aromatic carbocycles. The number of fused-ring (bicyclic) bond motifs is 2. The number of unbranched alkanes of at least 4 members (excludes halogenated alkanes) is 18. The van der Waals surface area contributed by atoms with Crippen LogP contribution in [0.2, 0.25) is 0 Å². The van der Waals surface area contributed by atoms with Gasteiger partial charge in [0.2, 0.25) is 0 Å². The number of allylic oxidation sites excluding steroid dienone is 2. The normalized spacial score (nSPS) is 11.7. The van der Waals surface area contributed by atoms with Crippen molar-refractivity contribution in [3.05, 3.63) is 95.1 Å². The molecule has 0 radical (unpaired) electrons. The molecule has 0 spiro atoms. The van der Waals surface area contributed by atoms with Gasteiger partial charge in [0.1, 0.15) is 34.5 Å². The average molecular weight is 1030 g/mol. The van der Waals surface area contributed by atoms with Crippen molar-refractivity contribution < 1.29 is 28.4 Å². The molecule has 0 aliphatic heterocycles. The molecule has 8 heteroatoms. The third-order valence-corrected chi connectivity index (χ3v) is 14.0. The van der Waals surface area contributed by atoms with Crippen LogP contribution in [-0.2, 0) is 0 Å². The van der Waals surface area contributed by atoms with E-state index in [-0.39, 0.29) is 0 Å². The minimum absolute atomic E-state index is 0.426. The van der Waals surface area contributed by atoms with Gasteiger partial charge in [0, 0.05) is 43.8 Å². The zero-order valence-electron chi connectivity index (χ0n) is 47.6. The highest BCUT2D eigenvalue weighted by Gasteiger charge is 2.22. The number of nitriles is 2. The van der Waals surface area contributed by atoms with E-state index in [0.29, 0.717) is 96.0 Å². The molecule has 0 unspecified atom stereocenters. The fraction of sp³-hybridized carbons (Fsp3) is 0.529. The van der Waals surface area contributed by atoms with E-state index in [9.17, 15) is 10.5 Å². The molecule has 0 atom stereocenters. The van der Waals surface area contributed by atoms with Crippen LogP contribution in [0, 0.1) is 22.7 Å². The second-order valence-corrected chi connectivity index (χ2v) is 20.3. The lowest BCUT2D eigenvalue weighted by molar-refractivity contribution is 0.296. The average Bonchev–Trinajstić information content (AvgIpc) is 3.45. The van der Waals surface area contributed by atoms with Crippen LogP contribution in [0.25, 0.3) is 44.8 Å². The molecule has 5 aromatic rings. The van der Waals surface area contributed by atoms with Gasteiger partial charge < -0.3 is 28.4 Å². The largest absolute Gasteiger partial charge is 0.493 e. The second-order valence-electron chi connectivity index (χ2n) is 20.3. The van der Waals surface area contributed by atoms with Crippen LogP contribution in [0.3, 0.4) is 0 Å². The van der Waals surface area contributed by atoms with Crippen molar-refractivity contribution in [2.45, 2.75) is 196 Å². The number of hydrogen-bond donors (Lipinski definition) is 0. The highest BCUT2D eigenvalue weighted by molar-refractivity contribution is 6.04. The van der Waals surface area contributed by atoms with Gasteiger partial charge in [0.05, 0.1) is 62.9 Å². The Morgan fingerprint density at radius 1 is 0.342 bits per heavy atom. The monoisotopic (exact) mass is 1030 g/mol. The van der Waals surface area contributed by atoms with Gasteiger partial charge in [-0.2, -0.15) is 10.5 Å². The number of benzene rings is 5. The van der Waals surface area contributed by atoms with Crippen LogP contribution in [0.5, 0.6) is 34.5 Å². The van der Waals surface area contributed by atoms with Gasteiger partial charge in [-0.25, -0.2) is 0 Å². The highest BCUT2D eigenvalue weighted by atomic mass is 16.5. The molecule has 0 N–H and O–H groups in total. The van der Waals surface area contributed by atoms with Gasteiger partial charge in [0.25, 0.3) is 0 Å². The second kappa shape index (κ2) is 36.0. The van der Waals surface area contributed by atoms with E-state index < -0.39 is 0 Å². The summed E-state index contributed by atoms with van der Waals surface area (Å²) in [6, 6.07) is 29.6. The van der Waals surface area contributed by atoms with Crippen LogP contribution < -0.4 is 28.4 Å². The van der Waals surface area contributed by atoms with Crippen molar-refractivity contribution in [2.24, 2.45) is 0 Å². The lowest BCUT2D eigenvalue weighted by Gasteiger charge is -2.19. The smallest absolute Gasteiger partial charge is 0.135 e. The van der Waals surface area contributed by atoms with Crippen molar-refractivity contribution in [1.29, 1.82) is 10.5 Å². The Morgan fingerprint density at radius 2 is 0.618 bits per heavy atom. The van der Waals surface area contributed by atoms with Crippen molar-refractivity contribution in [2.75, 3.05) is 39.6 Å². The molecule has 8 nitrogen and oxygen atoms in total. The lowest BCUT2D eigenvalue weighted by atomic mass is 9.95. The third kappa shape index (κ3) is 19.2. The van der Waals surface area contributed by atoms with Gasteiger partial charge in [-0.1, -0.05) is 206 Å². The van der Waals surface area contributed by atoms with Gasteiger partial charge in [0.15, 0.2) is 0 Å². The lowest BCUT2D eigenvalue weighted by Crippen LogP contribution is -2.05. The third-order valence-electron chi connectivity index (χ3n) is 14.0. The summed E-state index contributed by atoms with van der Waals surface area (Å²) in [4.78, 5) is 0. The summed E-state index contributed by atoms with van der Waals surface area (Å²) in [5, 5.41) is 26.3. The summed E-state index contributed by atoms with van der Waals surface area (Å²) in [7, 11) is 0. The van der Waals surface area contributed by atoms with E-state index in [0.717, 1.165) is 187 Å². The summed E-state index contributed by atoms with van der Waals surface area (Å²) in [6.07, 6.45) is 29.3. The molecule has 76 heavy (non-hydrogen) atoms. The Hall–Kier alpha value is -6.12. The molecule has 0 heterocycles. The Morgan fingerprint density at radius 3 is 0.908 bits per heavy atom. The van der Waals surface area contributed by atoms with E-state index in [4.69, 9.17) is 28.4 Å². The fourth-order valence-electron chi connectivity index (χ4n) is 9.55. The van der Waals surface area contributed by atoms with Crippen LogP contribution in [-0.4, -0.2) is 39.6 Å². The van der Waals surface area contributed by atoms with Gasteiger partial charge in [-0.15, -0.1) is 0 Å². The minimum atomic E-state index is 0.426. The Bertz CT molecular complexity index is 2450. The number of hydrogen-bond acceptors (Lipinski definition) is 8. The Kier molecular flexibility index (Phi) is 28.8. The van der Waals surface area contributed by atoms with E-state index in [1.807, 2.05) is 60.7 Å². The molecule has 0 aliphatic rings. The van der Waals surface area contributed by atoms with Crippen LogP contribution in [0.1, 0.15) is 218 Å². The van der Waals surface area contributed by atoms with Crippen molar-refractivity contribution in [3.8, 4) is 46.6 Å². The SMILES string of the molecule is CCCCCCOc1cc(/C=C(\C#N)c2cc(OCCCCCC)c3ccccc3c2OCCCCCC)c(OCCCCCC)cc1/C=C(\C#N)c1cc(OCCCCCC)c2ccccc2c1OCCCCCC. The molecule has 0 saturated carbocycles. The molecule has 0 saturated heterocycles. The standard InChI is InChI=1S/C68H92N2O6/c1-7-13-19-29-39-71-63-47-54(46-56(52-70)62-50-66(74-42-32-22-16-10-4)58-36-26-28-38-60(58)68(62)76-44-34-24-18-12-6)64(72-40-30-20-14-8-2)48-53(63)45-55(51-69)61-49-65(73-41-31-21-15-9-3)57-35-25-27-37-59(57)67(61)75-43-33-23-17-11-5/h25-28,35-38,45-50H,7-24,29-34,39-44H2,1-6H3/b55-45+,56-46+. The van der Waals surface area contributed by atoms with E-state index >= 15 is 0 Å². The first-order valence-corrected chi connectivity index (χ1v) is 29.8. The number of ether oxygens (including phenoxy) is 6. The molecule has 0 amide bonds. The van der Waals surface area contributed by atoms with Crippen molar-refractivity contribution in [3.63, 3.8) is 0 Å². The summed E-state index contributed by atoms with van der Waals surface area (Å²) >= 11 is 0. The first-order valence-electron chi connectivity index (χ1n) is 29.8. The molecule has 0 bridgehead atoms. The van der Waals surface area contributed by atoms with Crippen LogP contribution in [0.15, 0.2) is 72.8 Å². The maximum atomic E-state index is 11.3. The quantitative estimate of drug-likeness (QED) is 0.0217. The number of nitrogens with zero attached hydrogens (tertiary/aromatic N) is 2. The predicted octanol–water partition coefficient (Wildman–Crippen LogP) is 19.9. The van der Waals surface area contributed by atoms with Gasteiger partial charge in [-0.05, 0) is 74.9 Å². The zero-order chi connectivity index (χ0) is 54.0. The van der Waals surface area contributed by atoms with Crippen molar-refractivity contribution in [1.82, 2.24) is 0 Å². The first-order chi connectivity index (χ1) is 37.5. The summed E-state index contributed by atoms with van der Waals surface area (Å²) in [5.74, 6) is 4.02. The van der Waals surface area contributed by atoms with E-state index in [1.54, 1.807) is 0 Å². The van der Waals surface area contributed by atoms with Gasteiger partial charge >= 0.3 is 0 Å². The summed E-state index contributed by atoms with van der Waals surface area (Å²) in [6.45, 7) is 16.5. The first kappa shape index (κ1) is 60.7. The van der Waals surface area contributed by atoms with Crippen molar-refractivity contribution >= 4 is 44.8 Å². The summed E-state index contributed by atoms with van der Waals surface area (Å²) in [5.41, 5.74) is 3.61. The molecule has 0 fully saturated rings. The molecular weight excluding hydrogens is 941 g/mol. The van der Waals surface area contributed by atoms with Gasteiger partial charge in [-0.3, -0.25) is 0 Å². The maximum Gasteiger partial charge on any atom is 0.135 e. The molecule has 410 valence electrons. The Balaban J connectivity index is 1.74. The topological polar surface area (TPSA) is 103 Å². The maximum absolute atomic E-state index is 11.3. The minimum Gasteiger partial charge on any atom is -0.493 e. The molecule has 0 aliphatic carbocycles. The predicted molar refractivity (Wildman–Crippen MR) is 319 cm³/mol. The molecular formula is C68H92N2O6. The van der Waals surface area contributed by atoms with Crippen LogP contribution >= 0.6 is 0 Å². The highest BCUT2D eigenvalue weighted by Crippen LogP contribution is 2.44. The summed E-state index contributed by atoms with van der Waals surface area (Å²) < 4.78 is 40.3. The van der Waals surface area contributed by atoms with E-state index in [1.165, 1.54) is 0 Å². The zero-order valence-corrected chi connectivity index (χ0v) is 47.6.